The minimum absolute atomic E-state index is 0.754. The molecule has 2 rings (SSSR count). The first kappa shape index (κ1) is 12.5. The Kier molecular flexibility index (Phi) is 4.67. The Morgan fingerprint density at radius 3 is 2.67 bits per heavy atom. The third-order valence-corrected chi connectivity index (χ3v) is 2.68. The Bertz CT molecular complexity index is 456. The van der Waals surface area contributed by atoms with Crippen molar-refractivity contribution in [3.05, 3.63) is 53.9 Å². The van der Waals surface area contributed by atoms with Gasteiger partial charge in [-0.2, -0.15) is 10.2 Å². The van der Waals surface area contributed by atoms with Gasteiger partial charge in [-0.15, -0.1) is 0 Å². The predicted molar refractivity (Wildman–Crippen MR) is 70.4 cm³/mol. The van der Waals surface area contributed by atoms with Crippen LogP contribution in [0.25, 0.3) is 0 Å². The Morgan fingerprint density at radius 1 is 1.17 bits per heavy atom. The van der Waals surface area contributed by atoms with Gasteiger partial charge in [-0.3, -0.25) is 0 Å². The van der Waals surface area contributed by atoms with Gasteiger partial charge in [0.05, 0.1) is 12.8 Å². The quantitative estimate of drug-likeness (QED) is 0.786. The van der Waals surface area contributed by atoms with E-state index in [4.69, 9.17) is 4.74 Å². The zero-order chi connectivity index (χ0) is 12.6. The van der Waals surface area contributed by atoms with Crippen LogP contribution in [0.15, 0.2) is 42.6 Å². The van der Waals surface area contributed by atoms with Crippen molar-refractivity contribution in [3.8, 4) is 5.75 Å². The number of nitrogens with zero attached hydrogens (tertiary/aromatic N) is 2. The first-order valence-corrected chi connectivity index (χ1v) is 5.99. The van der Waals surface area contributed by atoms with Gasteiger partial charge >= 0.3 is 0 Å². The van der Waals surface area contributed by atoms with Crippen molar-refractivity contribution in [2.75, 3.05) is 13.7 Å². The molecule has 0 fully saturated rings. The van der Waals surface area contributed by atoms with Crippen molar-refractivity contribution in [1.29, 1.82) is 0 Å². The largest absolute Gasteiger partial charge is 0.497 e. The molecule has 0 saturated heterocycles. The van der Waals surface area contributed by atoms with Crippen molar-refractivity contribution in [2.24, 2.45) is 0 Å². The molecule has 0 radical (unpaired) electrons. The number of hydrogen-bond acceptors (Lipinski definition) is 4. The zero-order valence-corrected chi connectivity index (χ0v) is 10.5. The third kappa shape index (κ3) is 3.82. The molecule has 94 valence electrons. The Labute approximate surface area is 107 Å². The van der Waals surface area contributed by atoms with Crippen LogP contribution in [0, 0.1) is 0 Å². The lowest BCUT2D eigenvalue weighted by Gasteiger charge is -2.05. The first-order chi connectivity index (χ1) is 8.88. The molecule has 0 atom stereocenters. The fourth-order valence-electron chi connectivity index (χ4n) is 1.67. The van der Waals surface area contributed by atoms with Gasteiger partial charge in [-0.25, -0.2) is 0 Å². The highest BCUT2D eigenvalue weighted by Crippen LogP contribution is 2.11. The lowest BCUT2D eigenvalue weighted by Crippen LogP contribution is -2.17. The summed E-state index contributed by atoms with van der Waals surface area (Å²) in [5.41, 5.74) is 2.26. The first-order valence-electron chi connectivity index (χ1n) is 5.99. The van der Waals surface area contributed by atoms with Gasteiger partial charge < -0.3 is 10.1 Å². The van der Waals surface area contributed by atoms with Gasteiger partial charge in [0.1, 0.15) is 5.75 Å². The summed E-state index contributed by atoms with van der Waals surface area (Å²) in [6.07, 6.45) is 2.67. The van der Waals surface area contributed by atoms with Crippen LogP contribution in [-0.2, 0) is 13.0 Å². The zero-order valence-electron chi connectivity index (χ0n) is 10.5. The van der Waals surface area contributed by atoms with Crippen LogP contribution in [-0.4, -0.2) is 23.9 Å². The normalized spacial score (nSPS) is 10.3. The standard InChI is InChI=1S/C14H17N3O/c1-18-14-6-4-12(5-7-14)8-10-15-11-13-3-2-9-16-17-13/h2-7,9,15H,8,10-11H2,1H3. The van der Waals surface area contributed by atoms with Gasteiger partial charge in [0.2, 0.25) is 0 Å². The number of methoxy groups -OCH3 is 1. The molecule has 0 bridgehead atoms. The van der Waals surface area contributed by atoms with Gasteiger partial charge in [-0.05, 0) is 42.8 Å². The highest BCUT2D eigenvalue weighted by Gasteiger charge is 1.96. The summed E-state index contributed by atoms with van der Waals surface area (Å²) in [6.45, 7) is 1.67. The second kappa shape index (κ2) is 6.71. The summed E-state index contributed by atoms with van der Waals surface area (Å²) in [5.74, 6) is 0.895. The topological polar surface area (TPSA) is 47.0 Å². The van der Waals surface area contributed by atoms with Crippen molar-refractivity contribution < 1.29 is 4.74 Å². The van der Waals surface area contributed by atoms with E-state index in [1.54, 1.807) is 13.3 Å². The fourth-order valence-corrected chi connectivity index (χ4v) is 1.67. The summed E-state index contributed by atoms with van der Waals surface area (Å²) in [6, 6.07) is 12.0. The molecule has 4 nitrogen and oxygen atoms in total. The molecule has 2 aromatic rings. The molecule has 4 heteroatoms. The van der Waals surface area contributed by atoms with Crippen LogP contribution >= 0.6 is 0 Å². The molecule has 1 N–H and O–H groups in total. The van der Waals surface area contributed by atoms with E-state index in [2.05, 4.69) is 27.6 Å². The summed E-state index contributed by atoms with van der Waals surface area (Å²) in [5, 5.41) is 11.2. The molecule has 1 aromatic carbocycles. The van der Waals surface area contributed by atoms with Crippen molar-refractivity contribution in [2.45, 2.75) is 13.0 Å². The number of nitrogens with one attached hydrogen (secondary N) is 1. The second-order valence-electron chi connectivity index (χ2n) is 3.99. The molecular weight excluding hydrogens is 226 g/mol. The molecule has 0 saturated carbocycles. The SMILES string of the molecule is COc1ccc(CCNCc2cccnn2)cc1. The molecule has 0 aliphatic carbocycles. The Balaban J connectivity index is 1.72. The molecule has 0 unspecified atom stereocenters. The predicted octanol–water partition coefficient (Wildman–Crippen LogP) is 1.82. The number of benzene rings is 1. The van der Waals surface area contributed by atoms with Crippen LogP contribution in [0.5, 0.6) is 5.75 Å². The smallest absolute Gasteiger partial charge is 0.118 e. The summed E-state index contributed by atoms with van der Waals surface area (Å²) in [7, 11) is 1.68. The van der Waals surface area contributed by atoms with E-state index in [-0.39, 0.29) is 0 Å². The molecule has 0 spiro atoms. The van der Waals surface area contributed by atoms with Gasteiger partial charge in [0, 0.05) is 12.7 Å². The third-order valence-electron chi connectivity index (χ3n) is 2.68. The lowest BCUT2D eigenvalue weighted by atomic mass is 10.1. The maximum absolute atomic E-state index is 5.12. The maximum Gasteiger partial charge on any atom is 0.118 e. The van der Waals surface area contributed by atoms with E-state index < -0.39 is 0 Å². The number of aromatic nitrogens is 2. The number of hydrogen-bond donors (Lipinski definition) is 1. The second-order valence-corrected chi connectivity index (χ2v) is 3.99. The minimum atomic E-state index is 0.754. The van der Waals surface area contributed by atoms with Crippen LogP contribution < -0.4 is 10.1 Å². The van der Waals surface area contributed by atoms with Crippen LogP contribution in [0.4, 0.5) is 0 Å². The molecule has 0 aliphatic heterocycles. The van der Waals surface area contributed by atoms with Gasteiger partial charge in [-0.1, -0.05) is 12.1 Å². The van der Waals surface area contributed by atoms with Gasteiger partial charge in [0.15, 0.2) is 0 Å². The van der Waals surface area contributed by atoms with E-state index in [1.165, 1.54) is 5.56 Å². The van der Waals surface area contributed by atoms with Gasteiger partial charge in [0.25, 0.3) is 0 Å². The van der Waals surface area contributed by atoms with E-state index >= 15 is 0 Å². The average molecular weight is 243 g/mol. The monoisotopic (exact) mass is 243 g/mol. The van der Waals surface area contributed by atoms with E-state index in [1.807, 2.05) is 24.3 Å². The molecule has 1 aromatic heterocycles. The lowest BCUT2D eigenvalue weighted by molar-refractivity contribution is 0.414. The number of rotatable bonds is 6. The number of ether oxygens (including phenoxy) is 1. The Morgan fingerprint density at radius 2 is 2.00 bits per heavy atom. The molecular formula is C14H17N3O. The summed E-state index contributed by atoms with van der Waals surface area (Å²) >= 11 is 0. The van der Waals surface area contributed by atoms with E-state index in [9.17, 15) is 0 Å². The van der Waals surface area contributed by atoms with Crippen LogP contribution in [0.1, 0.15) is 11.3 Å². The average Bonchev–Trinajstić information content (AvgIpc) is 2.45. The minimum Gasteiger partial charge on any atom is -0.497 e. The van der Waals surface area contributed by atoms with E-state index in [0.29, 0.717) is 0 Å². The highest BCUT2D eigenvalue weighted by atomic mass is 16.5. The molecule has 1 heterocycles. The fraction of sp³-hybridized carbons (Fsp3) is 0.286. The Hall–Kier alpha value is -1.94. The van der Waals surface area contributed by atoms with E-state index in [0.717, 1.165) is 31.0 Å². The maximum atomic E-state index is 5.12. The van der Waals surface area contributed by atoms with Crippen LogP contribution in [0.2, 0.25) is 0 Å². The van der Waals surface area contributed by atoms with Crippen LogP contribution in [0.3, 0.4) is 0 Å². The van der Waals surface area contributed by atoms with Crippen molar-refractivity contribution in [1.82, 2.24) is 15.5 Å². The highest BCUT2D eigenvalue weighted by molar-refractivity contribution is 5.27. The van der Waals surface area contributed by atoms with Crippen molar-refractivity contribution in [3.63, 3.8) is 0 Å². The molecule has 18 heavy (non-hydrogen) atoms. The molecule has 0 aliphatic rings. The summed E-state index contributed by atoms with van der Waals surface area (Å²) < 4.78 is 5.12. The van der Waals surface area contributed by atoms with Crippen molar-refractivity contribution >= 4 is 0 Å². The molecule has 0 amide bonds. The summed E-state index contributed by atoms with van der Waals surface area (Å²) in [4.78, 5) is 0.